The lowest BCUT2D eigenvalue weighted by Gasteiger charge is -2.08. The maximum absolute atomic E-state index is 11.7. The predicted octanol–water partition coefficient (Wildman–Crippen LogP) is 2.48. The Kier molecular flexibility index (Phi) is 8.11. The van der Waals surface area contributed by atoms with Crippen LogP contribution in [-0.4, -0.2) is 25.2 Å². The lowest BCUT2D eigenvalue weighted by atomic mass is 10.1. The van der Waals surface area contributed by atoms with Crippen molar-refractivity contribution < 1.29 is 19.1 Å². The summed E-state index contributed by atoms with van der Waals surface area (Å²) < 4.78 is 9.89. The molecular weight excluding hydrogens is 220 g/mol. The van der Waals surface area contributed by atoms with Crippen LogP contribution in [0.1, 0.15) is 40.5 Å². The van der Waals surface area contributed by atoms with Gasteiger partial charge < -0.3 is 9.47 Å². The molecule has 0 saturated carbocycles. The van der Waals surface area contributed by atoms with E-state index in [4.69, 9.17) is 9.47 Å². The highest BCUT2D eigenvalue weighted by Crippen LogP contribution is 2.08. The molecule has 0 aliphatic carbocycles. The third-order valence-electron chi connectivity index (χ3n) is 1.81. The zero-order chi connectivity index (χ0) is 13.3. The summed E-state index contributed by atoms with van der Waals surface area (Å²) in [6.07, 6.45) is 3.03. The van der Waals surface area contributed by atoms with E-state index >= 15 is 0 Å². The van der Waals surface area contributed by atoms with Crippen LogP contribution in [0.5, 0.6) is 0 Å². The highest BCUT2D eigenvalue weighted by atomic mass is 16.6. The molecule has 0 amide bonds. The topological polar surface area (TPSA) is 52.6 Å². The number of allylic oxidation sites excluding steroid dienone is 1. The second-order valence-electron chi connectivity index (χ2n) is 4.10. The van der Waals surface area contributed by atoms with Gasteiger partial charge in [-0.25, -0.2) is 9.59 Å². The maximum atomic E-state index is 11.7. The average Bonchev–Trinajstić information content (AvgIpc) is 2.29. The van der Waals surface area contributed by atoms with Crippen LogP contribution in [0.25, 0.3) is 0 Å². The first-order valence-corrected chi connectivity index (χ1v) is 6.08. The fourth-order valence-corrected chi connectivity index (χ4v) is 1.10. The number of esters is 2. The highest BCUT2D eigenvalue weighted by molar-refractivity contribution is 6.14. The molecule has 0 saturated heterocycles. The van der Waals surface area contributed by atoms with Gasteiger partial charge in [0.25, 0.3) is 0 Å². The summed E-state index contributed by atoms with van der Waals surface area (Å²) in [5.41, 5.74) is 0.00176. The van der Waals surface area contributed by atoms with Crippen molar-refractivity contribution >= 4 is 11.9 Å². The molecular formula is C13H22O4. The van der Waals surface area contributed by atoms with E-state index in [0.29, 0.717) is 13.2 Å². The molecule has 0 spiro atoms. The summed E-state index contributed by atoms with van der Waals surface area (Å²) in [4.78, 5) is 23.3. The van der Waals surface area contributed by atoms with E-state index in [0.717, 1.165) is 12.8 Å². The van der Waals surface area contributed by atoms with Crippen LogP contribution < -0.4 is 0 Å². The summed E-state index contributed by atoms with van der Waals surface area (Å²) in [5, 5.41) is 0. The van der Waals surface area contributed by atoms with Gasteiger partial charge in [0.15, 0.2) is 0 Å². The van der Waals surface area contributed by atoms with Gasteiger partial charge in [-0.15, -0.1) is 0 Å². The van der Waals surface area contributed by atoms with E-state index in [1.807, 2.05) is 27.7 Å². The van der Waals surface area contributed by atoms with E-state index < -0.39 is 11.9 Å². The molecule has 17 heavy (non-hydrogen) atoms. The van der Waals surface area contributed by atoms with Crippen LogP contribution in [-0.2, 0) is 19.1 Å². The molecule has 0 N–H and O–H groups in total. The van der Waals surface area contributed by atoms with E-state index in [-0.39, 0.29) is 11.5 Å². The Labute approximate surface area is 103 Å². The number of ether oxygens (including phenoxy) is 2. The van der Waals surface area contributed by atoms with Gasteiger partial charge in [-0.05, 0) is 18.8 Å². The second-order valence-corrected chi connectivity index (χ2v) is 4.10. The second kappa shape index (κ2) is 8.79. The van der Waals surface area contributed by atoms with Crippen LogP contribution >= 0.6 is 0 Å². The molecule has 0 aromatic rings. The minimum absolute atomic E-state index is 0.00176. The largest absolute Gasteiger partial charge is 0.462 e. The van der Waals surface area contributed by atoms with Gasteiger partial charge in [-0.2, -0.15) is 0 Å². The minimum Gasteiger partial charge on any atom is -0.462 e. The zero-order valence-corrected chi connectivity index (χ0v) is 11.1. The van der Waals surface area contributed by atoms with Gasteiger partial charge in [0.1, 0.15) is 5.57 Å². The molecule has 4 heteroatoms. The van der Waals surface area contributed by atoms with Crippen molar-refractivity contribution in [1.29, 1.82) is 0 Å². The molecule has 0 bridgehead atoms. The van der Waals surface area contributed by atoms with Crippen molar-refractivity contribution in [2.24, 2.45) is 5.92 Å². The Hall–Kier alpha value is -1.32. The molecule has 0 atom stereocenters. The molecule has 0 aliphatic heterocycles. The SMILES string of the molecule is CCCOC(=O)C(=CC(C)C)C(=O)OCCC. The molecule has 0 aliphatic rings. The standard InChI is InChI=1S/C13H22O4/c1-5-7-16-12(14)11(9-10(3)4)13(15)17-8-6-2/h9-10H,5-8H2,1-4H3. The smallest absolute Gasteiger partial charge is 0.345 e. The van der Waals surface area contributed by atoms with Crippen LogP contribution in [0.2, 0.25) is 0 Å². The lowest BCUT2D eigenvalue weighted by Crippen LogP contribution is -2.19. The Morgan fingerprint density at radius 3 is 1.71 bits per heavy atom. The summed E-state index contributed by atoms with van der Waals surface area (Å²) in [6.45, 7) is 8.20. The fraction of sp³-hybridized carbons (Fsp3) is 0.692. The first kappa shape index (κ1) is 15.7. The van der Waals surface area contributed by atoms with Crippen molar-refractivity contribution in [3.8, 4) is 0 Å². The number of carbonyl (C=O) groups excluding carboxylic acids is 2. The molecule has 0 rings (SSSR count). The summed E-state index contributed by atoms with van der Waals surface area (Å²) in [5.74, 6) is -1.10. The van der Waals surface area contributed by atoms with Gasteiger partial charge in [0.2, 0.25) is 0 Å². The van der Waals surface area contributed by atoms with Crippen LogP contribution in [0.15, 0.2) is 11.6 Å². The Morgan fingerprint density at radius 1 is 1.00 bits per heavy atom. The molecule has 4 nitrogen and oxygen atoms in total. The highest BCUT2D eigenvalue weighted by Gasteiger charge is 2.21. The normalized spacial score (nSPS) is 9.94. The Bertz CT molecular complexity index is 257. The Balaban J connectivity index is 4.64. The molecule has 0 unspecified atom stereocenters. The van der Waals surface area contributed by atoms with Gasteiger partial charge in [0, 0.05) is 0 Å². The van der Waals surface area contributed by atoms with Gasteiger partial charge in [-0.1, -0.05) is 33.8 Å². The quantitative estimate of drug-likeness (QED) is 0.298. The molecule has 0 radical (unpaired) electrons. The van der Waals surface area contributed by atoms with Crippen molar-refractivity contribution in [3.63, 3.8) is 0 Å². The average molecular weight is 242 g/mol. The lowest BCUT2D eigenvalue weighted by molar-refractivity contribution is -0.147. The molecule has 0 heterocycles. The number of carbonyl (C=O) groups is 2. The first-order valence-electron chi connectivity index (χ1n) is 6.08. The minimum atomic E-state index is -0.596. The van der Waals surface area contributed by atoms with Crippen LogP contribution in [0.4, 0.5) is 0 Å². The summed E-state index contributed by atoms with van der Waals surface area (Å²) in [6, 6.07) is 0. The first-order chi connectivity index (χ1) is 8.02. The Morgan fingerprint density at radius 2 is 1.41 bits per heavy atom. The third kappa shape index (κ3) is 6.76. The van der Waals surface area contributed by atoms with Gasteiger partial charge >= 0.3 is 11.9 Å². The monoisotopic (exact) mass is 242 g/mol. The third-order valence-corrected chi connectivity index (χ3v) is 1.81. The van der Waals surface area contributed by atoms with E-state index in [9.17, 15) is 9.59 Å². The van der Waals surface area contributed by atoms with E-state index in [1.165, 1.54) is 0 Å². The number of hydrogen-bond donors (Lipinski definition) is 0. The number of hydrogen-bond acceptors (Lipinski definition) is 4. The van der Waals surface area contributed by atoms with Gasteiger partial charge in [-0.3, -0.25) is 0 Å². The van der Waals surface area contributed by atoms with E-state index in [1.54, 1.807) is 6.08 Å². The molecule has 0 aromatic heterocycles. The molecule has 0 aromatic carbocycles. The predicted molar refractivity (Wildman–Crippen MR) is 65.4 cm³/mol. The van der Waals surface area contributed by atoms with Crippen molar-refractivity contribution in [2.75, 3.05) is 13.2 Å². The van der Waals surface area contributed by atoms with Crippen molar-refractivity contribution in [1.82, 2.24) is 0 Å². The van der Waals surface area contributed by atoms with Gasteiger partial charge in [0.05, 0.1) is 13.2 Å². The number of rotatable bonds is 7. The zero-order valence-electron chi connectivity index (χ0n) is 11.1. The maximum Gasteiger partial charge on any atom is 0.345 e. The van der Waals surface area contributed by atoms with E-state index in [2.05, 4.69) is 0 Å². The summed E-state index contributed by atoms with van der Waals surface area (Å²) in [7, 11) is 0. The fourth-order valence-electron chi connectivity index (χ4n) is 1.10. The van der Waals surface area contributed by atoms with Crippen molar-refractivity contribution in [2.45, 2.75) is 40.5 Å². The van der Waals surface area contributed by atoms with Crippen molar-refractivity contribution in [3.05, 3.63) is 11.6 Å². The van der Waals surface area contributed by atoms with Crippen LogP contribution in [0.3, 0.4) is 0 Å². The summed E-state index contributed by atoms with van der Waals surface area (Å²) >= 11 is 0. The molecule has 98 valence electrons. The van der Waals surface area contributed by atoms with Crippen LogP contribution in [0, 0.1) is 5.92 Å². The molecule has 0 fully saturated rings.